The summed E-state index contributed by atoms with van der Waals surface area (Å²) in [5, 5.41) is 3.55. The van der Waals surface area contributed by atoms with E-state index in [0.29, 0.717) is 18.5 Å². The zero-order chi connectivity index (χ0) is 13.9. The molecular weight excluding hydrogens is 224 g/mol. The molecule has 0 spiro atoms. The molecule has 0 heterocycles. The maximum Gasteiger partial charge on any atom is 0.125 e. The van der Waals surface area contributed by atoms with Gasteiger partial charge in [0, 0.05) is 18.3 Å². The van der Waals surface area contributed by atoms with Gasteiger partial charge in [0.25, 0.3) is 0 Å². The molecule has 3 N–H and O–H groups in total. The van der Waals surface area contributed by atoms with Crippen molar-refractivity contribution in [3.63, 3.8) is 0 Å². The van der Waals surface area contributed by atoms with Crippen molar-refractivity contribution in [3.8, 4) is 5.75 Å². The van der Waals surface area contributed by atoms with Crippen molar-refractivity contribution in [3.05, 3.63) is 22.8 Å². The van der Waals surface area contributed by atoms with Crippen LogP contribution in [0.1, 0.15) is 30.5 Å². The third-order valence-corrected chi connectivity index (χ3v) is 3.63. The highest BCUT2D eigenvalue weighted by Gasteiger charge is 2.15. The second-order valence-corrected chi connectivity index (χ2v) is 5.25. The first kappa shape index (κ1) is 14.8. The van der Waals surface area contributed by atoms with E-state index in [0.717, 1.165) is 17.0 Å². The van der Waals surface area contributed by atoms with E-state index in [2.05, 4.69) is 46.0 Å². The number of ether oxygens (including phenoxy) is 1. The summed E-state index contributed by atoms with van der Waals surface area (Å²) < 4.78 is 5.44. The maximum absolute atomic E-state index is 5.82. The molecule has 1 rings (SSSR count). The molecule has 3 heteroatoms. The van der Waals surface area contributed by atoms with Gasteiger partial charge in [0.2, 0.25) is 0 Å². The first-order chi connectivity index (χ1) is 8.42. The normalized spacial score (nSPS) is 12.7. The standard InChI is InChI=1S/C15H26N2O/c1-9(2)14(8-16)17-13-7-10(3)15(18-6)12(5)11(13)4/h7,9,14,17H,8,16H2,1-6H3. The lowest BCUT2D eigenvalue weighted by molar-refractivity contribution is 0.408. The minimum absolute atomic E-state index is 0.302. The molecule has 1 unspecified atom stereocenters. The van der Waals surface area contributed by atoms with Crippen LogP contribution in [0.3, 0.4) is 0 Å². The Bertz CT molecular complexity index is 413. The minimum atomic E-state index is 0.302. The summed E-state index contributed by atoms with van der Waals surface area (Å²) in [4.78, 5) is 0. The number of benzene rings is 1. The lowest BCUT2D eigenvalue weighted by atomic mass is 9.99. The van der Waals surface area contributed by atoms with Gasteiger partial charge in [0.15, 0.2) is 0 Å². The van der Waals surface area contributed by atoms with Gasteiger partial charge in [-0.3, -0.25) is 0 Å². The van der Waals surface area contributed by atoms with E-state index in [4.69, 9.17) is 10.5 Å². The van der Waals surface area contributed by atoms with Crippen molar-refractivity contribution in [2.75, 3.05) is 19.0 Å². The third-order valence-electron chi connectivity index (χ3n) is 3.63. The molecular formula is C15H26N2O. The largest absolute Gasteiger partial charge is 0.496 e. The fraction of sp³-hybridized carbons (Fsp3) is 0.600. The molecule has 0 aromatic heterocycles. The Labute approximate surface area is 111 Å². The number of nitrogens with one attached hydrogen (secondary N) is 1. The predicted molar refractivity (Wildman–Crippen MR) is 78.5 cm³/mol. The van der Waals surface area contributed by atoms with Crippen LogP contribution in [0.2, 0.25) is 0 Å². The lowest BCUT2D eigenvalue weighted by Gasteiger charge is -2.25. The molecule has 0 radical (unpaired) electrons. The Hall–Kier alpha value is -1.22. The molecule has 1 aromatic carbocycles. The Kier molecular flexibility index (Phi) is 5.03. The Morgan fingerprint density at radius 1 is 1.22 bits per heavy atom. The molecule has 0 bridgehead atoms. The summed E-state index contributed by atoms with van der Waals surface area (Å²) in [6.07, 6.45) is 0. The number of methoxy groups -OCH3 is 1. The van der Waals surface area contributed by atoms with E-state index in [1.165, 1.54) is 11.1 Å². The van der Waals surface area contributed by atoms with Gasteiger partial charge >= 0.3 is 0 Å². The van der Waals surface area contributed by atoms with Crippen LogP contribution in [0.25, 0.3) is 0 Å². The molecule has 1 aromatic rings. The summed E-state index contributed by atoms with van der Waals surface area (Å²) in [6.45, 7) is 11.3. The number of nitrogens with two attached hydrogens (primary N) is 1. The predicted octanol–water partition coefficient (Wildman–Crippen LogP) is 3.02. The molecule has 18 heavy (non-hydrogen) atoms. The van der Waals surface area contributed by atoms with Gasteiger partial charge in [-0.1, -0.05) is 13.8 Å². The van der Waals surface area contributed by atoms with Crippen molar-refractivity contribution < 1.29 is 4.74 Å². The van der Waals surface area contributed by atoms with E-state index in [9.17, 15) is 0 Å². The zero-order valence-corrected chi connectivity index (χ0v) is 12.4. The van der Waals surface area contributed by atoms with E-state index in [1.807, 2.05) is 0 Å². The average Bonchev–Trinajstić information content (AvgIpc) is 2.32. The van der Waals surface area contributed by atoms with Crippen LogP contribution in [0.5, 0.6) is 5.75 Å². The van der Waals surface area contributed by atoms with Gasteiger partial charge in [0.1, 0.15) is 5.75 Å². The summed E-state index contributed by atoms with van der Waals surface area (Å²) in [7, 11) is 1.72. The van der Waals surface area contributed by atoms with Gasteiger partial charge in [-0.25, -0.2) is 0 Å². The molecule has 0 saturated heterocycles. The SMILES string of the molecule is COc1c(C)cc(NC(CN)C(C)C)c(C)c1C. The topological polar surface area (TPSA) is 47.3 Å². The molecule has 0 aliphatic carbocycles. The fourth-order valence-corrected chi connectivity index (χ4v) is 2.22. The smallest absolute Gasteiger partial charge is 0.125 e. The summed E-state index contributed by atoms with van der Waals surface area (Å²) in [6, 6.07) is 2.45. The lowest BCUT2D eigenvalue weighted by Crippen LogP contribution is -2.34. The first-order valence-corrected chi connectivity index (χ1v) is 6.53. The number of aryl methyl sites for hydroxylation is 1. The summed E-state index contributed by atoms with van der Waals surface area (Å²) >= 11 is 0. The Morgan fingerprint density at radius 2 is 1.83 bits per heavy atom. The van der Waals surface area contributed by atoms with Crippen molar-refractivity contribution in [1.82, 2.24) is 0 Å². The third kappa shape index (κ3) is 2.96. The van der Waals surface area contributed by atoms with Crippen LogP contribution in [-0.4, -0.2) is 19.7 Å². The molecule has 0 fully saturated rings. The first-order valence-electron chi connectivity index (χ1n) is 6.53. The monoisotopic (exact) mass is 250 g/mol. The van der Waals surface area contributed by atoms with Gasteiger partial charge in [-0.15, -0.1) is 0 Å². The molecule has 0 saturated carbocycles. The fourth-order valence-electron chi connectivity index (χ4n) is 2.22. The quantitative estimate of drug-likeness (QED) is 0.844. The van der Waals surface area contributed by atoms with E-state index in [1.54, 1.807) is 7.11 Å². The molecule has 0 aliphatic rings. The van der Waals surface area contributed by atoms with Crippen molar-refractivity contribution in [1.29, 1.82) is 0 Å². The number of anilines is 1. The Morgan fingerprint density at radius 3 is 2.28 bits per heavy atom. The zero-order valence-electron chi connectivity index (χ0n) is 12.4. The number of rotatable bonds is 5. The van der Waals surface area contributed by atoms with Gasteiger partial charge in [0.05, 0.1) is 7.11 Å². The van der Waals surface area contributed by atoms with E-state index >= 15 is 0 Å². The Balaban J connectivity index is 3.11. The van der Waals surface area contributed by atoms with Crippen molar-refractivity contribution in [2.45, 2.75) is 40.7 Å². The second-order valence-electron chi connectivity index (χ2n) is 5.25. The highest BCUT2D eigenvalue weighted by atomic mass is 16.5. The van der Waals surface area contributed by atoms with Crippen LogP contribution >= 0.6 is 0 Å². The van der Waals surface area contributed by atoms with Gasteiger partial charge < -0.3 is 15.8 Å². The van der Waals surface area contributed by atoms with Crippen molar-refractivity contribution >= 4 is 5.69 Å². The number of hydrogen-bond acceptors (Lipinski definition) is 3. The second kappa shape index (κ2) is 6.10. The van der Waals surface area contributed by atoms with Crippen LogP contribution in [0.4, 0.5) is 5.69 Å². The summed E-state index contributed by atoms with van der Waals surface area (Å²) in [5.74, 6) is 1.49. The van der Waals surface area contributed by atoms with Crippen LogP contribution in [0, 0.1) is 26.7 Å². The minimum Gasteiger partial charge on any atom is -0.496 e. The van der Waals surface area contributed by atoms with Crippen molar-refractivity contribution in [2.24, 2.45) is 11.7 Å². The van der Waals surface area contributed by atoms with Gasteiger partial charge in [-0.2, -0.15) is 0 Å². The number of hydrogen-bond donors (Lipinski definition) is 2. The maximum atomic E-state index is 5.82. The average molecular weight is 250 g/mol. The molecule has 0 amide bonds. The summed E-state index contributed by atoms with van der Waals surface area (Å²) in [5.41, 5.74) is 10.6. The molecule has 102 valence electrons. The van der Waals surface area contributed by atoms with Crippen LogP contribution < -0.4 is 15.8 Å². The van der Waals surface area contributed by atoms with Crippen LogP contribution in [0.15, 0.2) is 6.07 Å². The van der Waals surface area contributed by atoms with Gasteiger partial charge in [-0.05, 0) is 49.4 Å². The highest BCUT2D eigenvalue weighted by molar-refractivity contribution is 5.62. The van der Waals surface area contributed by atoms with Crippen LogP contribution in [-0.2, 0) is 0 Å². The highest BCUT2D eigenvalue weighted by Crippen LogP contribution is 2.32. The van der Waals surface area contributed by atoms with E-state index < -0.39 is 0 Å². The molecule has 3 nitrogen and oxygen atoms in total. The molecule has 0 aliphatic heterocycles. The molecule has 1 atom stereocenters. The van der Waals surface area contributed by atoms with E-state index in [-0.39, 0.29) is 0 Å².